The first-order chi connectivity index (χ1) is 15.6. The zero-order chi connectivity index (χ0) is 22.2. The second-order valence-electron chi connectivity index (χ2n) is 7.18. The number of benzene rings is 2. The Morgan fingerprint density at radius 2 is 1.78 bits per heavy atom. The lowest BCUT2D eigenvalue weighted by molar-refractivity contribution is 0.372. The Morgan fingerprint density at radius 1 is 1.06 bits per heavy atom. The molecule has 0 saturated heterocycles. The number of hydrogen-bond donors (Lipinski definition) is 2. The highest BCUT2D eigenvalue weighted by Gasteiger charge is 2.37. The molecule has 158 valence electrons. The fourth-order valence-electron chi connectivity index (χ4n) is 3.78. The van der Waals surface area contributed by atoms with E-state index in [0.717, 1.165) is 16.9 Å². The van der Waals surface area contributed by atoms with Crippen LogP contribution in [0.3, 0.4) is 0 Å². The van der Waals surface area contributed by atoms with Crippen LogP contribution in [-0.2, 0) is 0 Å². The highest BCUT2D eigenvalue weighted by molar-refractivity contribution is 6.30. The Hall–Kier alpha value is -4.15. The average molecular weight is 445 g/mol. The largest absolute Gasteiger partial charge is 0.497 e. The van der Waals surface area contributed by atoms with Crippen LogP contribution in [0.1, 0.15) is 17.2 Å². The Balaban J connectivity index is 1.63. The van der Waals surface area contributed by atoms with Crippen LogP contribution in [0.4, 0.5) is 0 Å². The molecule has 4 aromatic rings. The summed E-state index contributed by atoms with van der Waals surface area (Å²) in [4.78, 5) is 0. The Bertz CT molecular complexity index is 1360. The molecule has 2 aromatic carbocycles. The maximum Gasteiger partial charge on any atom is 0.244 e. The van der Waals surface area contributed by atoms with Gasteiger partial charge in [0.1, 0.15) is 28.9 Å². The predicted octanol–water partition coefficient (Wildman–Crippen LogP) is 5.22. The Kier molecular flexibility index (Phi) is 4.85. The number of aromatic nitrogens is 2. The van der Waals surface area contributed by atoms with Crippen molar-refractivity contribution in [2.45, 2.75) is 5.92 Å². The number of allylic oxidation sites excluding steroid dienone is 1. The third-order valence-corrected chi connectivity index (χ3v) is 5.61. The standard InChI is InChI=1S/C24H17ClN4O3/c1-30-16-8-4-14(5-9-16)22-21-20(17(12-26)23(27)32-24(21)29-28-22)19-11-10-18(31-19)13-2-6-15(25)7-3-13/h2-11,20H,27H2,1H3,(H,28,29)/t20-/m1/s1. The summed E-state index contributed by atoms with van der Waals surface area (Å²) in [6, 6.07) is 20.7. The molecule has 2 aromatic heterocycles. The van der Waals surface area contributed by atoms with Gasteiger partial charge in [-0.15, -0.1) is 5.10 Å². The lowest BCUT2D eigenvalue weighted by Gasteiger charge is -2.22. The monoisotopic (exact) mass is 444 g/mol. The van der Waals surface area contributed by atoms with E-state index in [-0.39, 0.29) is 11.5 Å². The summed E-state index contributed by atoms with van der Waals surface area (Å²) in [5.74, 6) is 1.66. The second-order valence-corrected chi connectivity index (χ2v) is 7.62. The number of methoxy groups -OCH3 is 1. The maximum atomic E-state index is 9.87. The average Bonchev–Trinajstić information content (AvgIpc) is 3.46. The van der Waals surface area contributed by atoms with Gasteiger partial charge in [0.25, 0.3) is 0 Å². The summed E-state index contributed by atoms with van der Waals surface area (Å²) in [6.07, 6.45) is 0. The van der Waals surface area contributed by atoms with Crippen LogP contribution >= 0.6 is 11.6 Å². The molecular formula is C24H17ClN4O3. The fourth-order valence-corrected chi connectivity index (χ4v) is 3.91. The van der Waals surface area contributed by atoms with Crippen molar-refractivity contribution < 1.29 is 13.9 Å². The normalized spacial score (nSPS) is 15.1. The Morgan fingerprint density at radius 3 is 2.47 bits per heavy atom. The Labute approximate surface area is 188 Å². The van der Waals surface area contributed by atoms with E-state index in [0.29, 0.717) is 33.7 Å². The topological polar surface area (TPSA) is 110 Å². The number of hydrogen-bond acceptors (Lipinski definition) is 6. The number of H-pyrrole nitrogens is 1. The molecule has 0 fully saturated rings. The molecule has 0 radical (unpaired) electrons. The zero-order valence-electron chi connectivity index (χ0n) is 16.9. The maximum absolute atomic E-state index is 9.87. The number of nitrogens with one attached hydrogen (secondary N) is 1. The quantitative estimate of drug-likeness (QED) is 0.446. The lowest BCUT2D eigenvalue weighted by Crippen LogP contribution is -2.20. The molecule has 7 nitrogen and oxygen atoms in total. The fraction of sp³-hybridized carbons (Fsp3) is 0.0833. The third-order valence-electron chi connectivity index (χ3n) is 5.36. The van der Waals surface area contributed by atoms with Gasteiger partial charge in [-0.2, -0.15) is 5.26 Å². The van der Waals surface area contributed by atoms with E-state index in [1.165, 1.54) is 0 Å². The molecule has 1 aliphatic heterocycles. The van der Waals surface area contributed by atoms with Crippen LogP contribution in [0.5, 0.6) is 11.6 Å². The van der Waals surface area contributed by atoms with Crippen molar-refractivity contribution in [2.75, 3.05) is 7.11 Å². The van der Waals surface area contributed by atoms with Gasteiger partial charge in [-0.25, -0.2) is 0 Å². The van der Waals surface area contributed by atoms with Crippen LogP contribution < -0.4 is 15.2 Å². The molecule has 5 rings (SSSR count). The summed E-state index contributed by atoms with van der Waals surface area (Å²) in [6.45, 7) is 0. The van der Waals surface area contributed by atoms with Crippen molar-refractivity contribution in [3.63, 3.8) is 0 Å². The summed E-state index contributed by atoms with van der Waals surface area (Å²) < 4.78 is 17.1. The van der Waals surface area contributed by atoms with Crippen molar-refractivity contribution in [3.05, 3.63) is 88.5 Å². The van der Waals surface area contributed by atoms with E-state index in [1.54, 1.807) is 19.2 Å². The molecule has 1 aliphatic rings. The molecule has 3 N–H and O–H groups in total. The van der Waals surface area contributed by atoms with Gasteiger partial charge in [-0.1, -0.05) is 11.6 Å². The number of aromatic amines is 1. The highest BCUT2D eigenvalue weighted by atomic mass is 35.5. The van der Waals surface area contributed by atoms with Crippen LogP contribution in [0.25, 0.3) is 22.6 Å². The number of rotatable bonds is 4. The summed E-state index contributed by atoms with van der Waals surface area (Å²) in [7, 11) is 1.61. The highest BCUT2D eigenvalue weighted by Crippen LogP contribution is 2.46. The van der Waals surface area contributed by atoms with Crippen molar-refractivity contribution in [2.24, 2.45) is 5.73 Å². The SMILES string of the molecule is COc1ccc(-c2[nH]nc3c2[C@@H](c2ccc(-c4ccc(Cl)cc4)o2)C(C#N)=C(N)O3)cc1. The van der Waals surface area contributed by atoms with Gasteiger partial charge >= 0.3 is 0 Å². The minimum atomic E-state index is -0.583. The number of ether oxygens (including phenoxy) is 2. The van der Waals surface area contributed by atoms with Crippen LogP contribution in [-0.4, -0.2) is 17.3 Å². The number of nitrogens with two attached hydrogens (primary N) is 1. The first-order valence-corrected chi connectivity index (χ1v) is 10.1. The number of halogens is 1. The molecule has 0 bridgehead atoms. The van der Waals surface area contributed by atoms with Crippen molar-refractivity contribution in [1.82, 2.24) is 10.2 Å². The number of fused-ring (bicyclic) bond motifs is 1. The van der Waals surface area contributed by atoms with Crippen molar-refractivity contribution in [3.8, 4) is 40.3 Å². The first kappa shape index (κ1) is 19.8. The van der Waals surface area contributed by atoms with Gasteiger partial charge in [-0.3, -0.25) is 5.10 Å². The summed E-state index contributed by atoms with van der Waals surface area (Å²) >= 11 is 6.00. The van der Waals surface area contributed by atoms with E-state index in [9.17, 15) is 5.26 Å². The molecule has 0 saturated carbocycles. The molecule has 3 heterocycles. The van der Waals surface area contributed by atoms with E-state index in [4.69, 9.17) is 31.2 Å². The van der Waals surface area contributed by atoms with Gasteiger partial charge in [0.05, 0.1) is 24.3 Å². The van der Waals surface area contributed by atoms with E-state index >= 15 is 0 Å². The van der Waals surface area contributed by atoms with Crippen LogP contribution in [0.2, 0.25) is 5.02 Å². The van der Waals surface area contributed by atoms with Crippen molar-refractivity contribution >= 4 is 11.6 Å². The van der Waals surface area contributed by atoms with Gasteiger partial charge in [0.15, 0.2) is 0 Å². The minimum Gasteiger partial charge on any atom is -0.497 e. The molecular weight excluding hydrogens is 428 g/mol. The molecule has 0 amide bonds. The molecule has 1 atom stereocenters. The number of furan rings is 1. The van der Waals surface area contributed by atoms with Crippen molar-refractivity contribution in [1.29, 1.82) is 5.26 Å². The molecule has 0 unspecified atom stereocenters. The first-order valence-electron chi connectivity index (χ1n) is 9.75. The smallest absolute Gasteiger partial charge is 0.244 e. The summed E-state index contributed by atoms with van der Waals surface area (Å²) in [5.41, 5.74) is 9.42. The van der Waals surface area contributed by atoms with Gasteiger partial charge in [0, 0.05) is 16.1 Å². The number of nitriles is 1. The van der Waals surface area contributed by atoms with Gasteiger partial charge in [-0.05, 0) is 60.7 Å². The molecule has 0 spiro atoms. The predicted molar refractivity (Wildman–Crippen MR) is 119 cm³/mol. The zero-order valence-corrected chi connectivity index (χ0v) is 17.7. The van der Waals surface area contributed by atoms with Gasteiger partial charge in [0.2, 0.25) is 11.8 Å². The van der Waals surface area contributed by atoms with Gasteiger partial charge < -0.3 is 19.6 Å². The number of nitrogens with zero attached hydrogens (tertiary/aromatic N) is 2. The van der Waals surface area contributed by atoms with E-state index in [1.807, 2.05) is 48.5 Å². The second kappa shape index (κ2) is 7.84. The summed E-state index contributed by atoms with van der Waals surface area (Å²) in [5, 5.41) is 17.8. The lowest BCUT2D eigenvalue weighted by atomic mass is 9.86. The molecule has 8 heteroatoms. The van der Waals surface area contributed by atoms with Crippen LogP contribution in [0, 0.1) is 11.3 Å². The van der Waals surface area contributed by atoms with E-state index < -0.39 is 5.92 Å². The molecule has 32 heavy (non-hydrogen) atoms. The van der Waals surface area contributed by atoms with E-state index in [2.05, 4.69) is 16.3 Å². The minimum absolute atomic E-state index is 0.00206. The third kappa shape index (κ3) is 3.27. The molecule has 0 aliphatic carbocycles. The van der Waals surface area contributed by atoms with Crippen LogP contribution in [0.15, 0.2) is 76.5 Å².